The maximum absolute atomic E-state index is 13.0. The van der Waals surface area contributed by atoms with E-state index in [4.69, 9.17) is 5.73 Å². The molecule has 0 aliphatic carbocycles. The Morgan fingerprint density at radius 3 is 2.43 bits per heavy atom. The third kappa shape index (κ3) is 3.89. The van der Waals surface area contributed by atoms with E-state index in [9.17, 15) is 14.0 Å². The summed E-state index contributed by atoms with van der Waals surface area (Å²) in [5.74, 6) is -1.10. The van der Waals surface area contributed by atoms with Gasteiger partial charge in [-0.15, -0.1) is 0 Å². The molecule has 2 amide bonds. The van der Waals surface area contributed by atoms with Gasteiger partial charge in [0.05, 0.1) is 5.92 Å². The summed E-state index contributed by atoms with van der Waals surface area (Å²) < 4.78 is 13.0. The second kappa shape index (κ2) is 7.11. The van der Waals surface area contributed by atoms with E-state index in [0.29, 0.717) is 6.42 Å². The third-order valence-corrected chi connectivity index (χ3v) is 4.89. The largest absolute Gasteiger partial charge is 0.369 e. The number of primary amides is 1. The lowest BCUT2D eigenvalue weighted by Crippen LogP contribution is -2.55. The summed E-state index contributed by atoms with van der Waals surface area (Å²) in [5, 5.41) is 0. The van der Waals surface area contributed by atoms with Gasteiger partial charge in [0.25, 0.3) is 0 Å². The Labute approximate surface area is 136 Å². The number of carbonyl (C=O) groups is 2. The molecule has 1 aliphatic rings. The number of likely N-dealkylation sites (tertiary alicyclic amines) is 1. The fourth-order valence-corrected chi connectivity index (χ4v) is 3.51. The number of rotatable bonds is 4. The molecule has 0 spiro atoms. The highest BCUT2D eigenvalue weighted by Crippen LogP contribution is 2.29. The van der Waals surface area contributed by atoms with Gasteiger partial charge in [-0.2, -0.15) is 0 Å². The maximum Gasteiger partial charge on any atom is 0.226 e. The van der Waals surface area contributed by atoms with Crippen LogP contribution in [-0.4, -0.2) is 28.8 Å². The molecule has 5 heteroatoms. The smallest absolute Gasteiger partial charge is 0.226 e. The van der Waals surface area contributed by atoms with E-state index in [1.807, 2.05) is 25.7 Å². The zero-order valence-electron chi connectivity index (χ0n) is 14.0. The molecule has 1 fully saturated rings. The number of nitrogens with two attached hydrogens (primary N) is 1. The molecule has 1 saturated heterocycles. The Morgan fingerprint density at radius 2 is 1.87 bits per heavy atom. The van der Waals surface area contributed by atoms with Crippen molar-refractivity contribution in [3.05, 3.63) is 35.6 Å². The first-order chi connectivity index (χ1) is 10.8. The summed E-state index contributed by atoms with van der Waals surface area (Å²) in [7, 11) is 0. The van der Waals surface area contributed by atoms with Gasteiger partial charge in [-0.05, 0) is 50.8 Å². The molecule has 2 N–H and O–H groups in total. The predicted molar refractivity (Wildman–Crippen MR) is 87.0 cm³/mol. The lowest BCUT2D eigenvalue weighted by atomic mass is 9.85. The van der Waals surface area contributed by atoms with Crippen LogP contribution in [0.5, 0.6) is 0 Å². The van der Waals surface area contributed by atoms with E-state index >= 15 is 0 Å². The van der Waals surface area contributed by atoms with Gasteiger partial charge in [0.15, 0.2) is 0 Å². The average Bonchev–Trinajstić information content (AvgIpc) is 2.49. The van der Waals surface area contributed by atoms with Crippen LogP contribution >= 0.6 is 0 Å². The second-order valence-corrected chi connectivity index (χ2v) is 6.65. The molecular weight excluding hydrogens is 295 g/mol. The van der Waals surface area contributed by atoms with Gasteiger partial charge in [0.1, 0.15) is 5.82 Å². The fraction of sp³-hybridized carbons (Fsp3) is 0.556. The SMILES string of the molecule is CC(Cc1ccc(F)cc1)C(=O)N1C(C)CCC(C(N)=O)C1C. The van der Waals surface area contributed by atoms with Crippen LogP contribution in [0.15, 0.2) is 24.3 Å². The van der Waals surface area contributed by atoms with Crippen molar-refractivity contribution in [2.75, 3.05) is 0 Å². The minimum Gasteiger partial charge on any atom is -0.369 e. The highest BCUT2D eigenvalue weighted by atomic mass is 19.1. The molecule has 23 heavy (non-hydrogen) atoms. The van der Waals surface area contributed by atoms with Crippen LogP contribution in [0.4, 0.5) is 4.39 Å². The molecule has 4 unspecified atom stereocenters. The van der Waals surface area contributed by atoms with Crippen molar-refractivity contribution in [1.82, 2.24) is 4.90 Å². The van der Waals surface area contributed by atoms with E-state index in [1.54, 1.807) is 12.1 Å². The number of hydrogen-bond acceptors (Lipinski definition) is 2. The molecule has 1 aromatic carbocycles. The van der Waals surface area contributed by atoms with Crippen molar-refractivity contribution in [1.29, 1.82) is 0 Å². The van der Waals surface area contributed by atoms with Crippen LogP contribution in [0, 0.1) is 17.7 Å². The fourth-order valence-electron chi connectivity index (χ4n) is 3.51. The standard InChI is InChI=1S/C18H25FN2O2/c1-11(10-14-5-7-15(19)8-6-14)18(23)21-12(2)4-9-16(13(21)3)17(20)22/h5-8,11-13,16H,4,9-10H2,1-3H3,(H2,20,22). The summed E-state index contributed by atoms with van der Waals surface area (Å²) in [6.45, 7) is 5.78. The zero-order chi connectivity index (χ0) is 17.1. The minimum absolute atomic E-state index is 0.0280. The summed E-state index contributed by atoms with van der Waals surface area (Å²) in [4.78, 5) is 26.3. The first-order valence-corrected chi connectivity index (χ1v) is 8.17. The molecule has 1 heterocycles. The van der Waals surface area contributed by atoms with Crippen LogP contribution in [0.3, 0.4) is 0 Å². The van der Waals surface area contributed by atoms with E-state index < -0.39 is 0 Å². The van der Waals surface area contributed by atoms with Gasteiger partial charge in [0, 0.05) is 18.0 Å². The maximum atomic E-state index is 13.0. The molecule has 1 aliphatic heterocycles. The highest BCUT2D eigenvalue weighted by Gasteiger charge is 2.39. The molecule has 0 saturated carbocycles. The van der Waals surface area contributed by atoms with Gasteiger partial charge in [0.2, 0.25) is 11.8 Å². The highest BCUT2D eigenvalue weighted by molar-refractivity contribution is 5.82. The Morgan fingerprint density at radius 1 is 1.26 bits per heavy atom. The lowest BCUT2D eigenvalue weighted by Gasteiger charge is -2.43. The number of hydrogen-bond donors (Lipinski definition) is 1. The van der Waals surface area contributed by atoms with Gasteiger partial charge in [-0.1, -0.05) is 19.1 Å². The summed E-state index contributed by atoms with van der Waals surface area (Å²) >= 11 is 0. The first-order valence-electron chi connectivity index (χ1n) is 8.17. The molecular formula is C18H25FN2O2. The van der Waals surface area contributed by atoms with E-state index in [-0.39, 0.29) is 41.6 Å². The monoisotopic (exact) mass is 320 g/mol. The third-order valence-electron chi connectivity index (χ3n) is 4.89. The van der Waals surface area contributed by atoms with Crippen molar-refractivity contribution in [2.45, 2.75) is 52.1 Å². The van der Waals surface area contributed by atoms with E-state index in [0.717, 1.165) is 18.4 Å². The van der Waals surface area contributed by atoms with E-state index in [2.05, 4.69) is 0 Å². The van der Waals surface area contributed by atoms with Crippen LogP contribution < -0.4 is 5.73 Å². The Hall–Kier alpha value is -1.91. The molecule has 0 aromatic heterocycles. The van der Waals surface area contributed by atoms with Crippen LogP contribution in [0.1, 0.15) is 39.2 Å². The number of halogens is 1. The number of benzene rings is 1. The van der Waals surface area contributed by atoms with Crippen molar-refractivity contribution >= 4 is 11.8 Å². The summed E-state index contributed by atoms with van der Waals surface area (Å²) in [6.07, 6.45) is 2.07. The molecule has 0 radical (unpaired) electrons. The quantitative estimate of drug-likeness (QED) is 0.926. The Balaban J connectivity index is 2.10. The Bertz CT molecular complexity index is 573. The lowest BCUT2D eigenvalue weighted by molar-refractivity contribution is -0.145. The van der Waals surface area contributed by atoms with Gasteiger partial charge in [-0.25, -0.2) is 4.39 Å². The molecule has 1 aromatic rings. The van der Waals surface area contributed by atoms with Crippen molar-refractivity contribution in [3.8, 4) is 0 Å². The molecule has 126 valence electrons. The van der Waals surface area contributed by atoms with Gasteiger partial charge < -0.3 is 10.6 Å². The number of piperidine rings is 1. The van der Waals surface area contributed by atoms with Gasteiger partial charge >= 0.3 is 0 Å². The summed E-state index contributed by atoms with van der Waals surface area (Å²) in [5.41, 5.74) is 6.39. The molecule has 4 nitrogen and oxygen atoms in total. The molecule has 0 bridgehead atoms. The average molecular weight is 320 g/mol. The van der Waals surface area contributed by atoms with Gasteiger partial charge in [-0.3, -0.25) is 9.59 Å². The Kier molecular flexibility index (Phi) is 5.39. The zero-order valence-corrected chi connectivity index (χ0v) is 14.0. The minimum atomic E-state index is -0.339. The topological polar surface area (TPSA) is 63.4 Å². The number of carbonyl (C=O) groups excluding carboxylic acids is 2. The predicted octanol–water partition coefficient (Wildman–Crippen LogP) is 2.51. The first kappa shape index (κ1) is 17.4. The van der Waals surface area contributed by atoms with Crippen LogP contribution in [0.25, 0.3) is 0 Å². The molecule has 4 atom stereocenters. The van der Waals surface area contributed by atoms with Crippen molar-refractivity contribution < 1.29 is 14.0 Å². The van der Waals surface area contributed by atoms with Crippen LogP contribution in [0.2, 0.25) is 0 Å². The van der Waals surface area contributed by atoms with Crippen molar-refractivity contribution in [2.24, 2.45) is 17.6 Å². The second-order valence-electron chi connectivity index (χ2n) is 6.65. The normalized spacial score (nSPS) is 25.9. The summed E-state index contributed by atoms with van der Waals surface area (Å²) in [6, 6.07) is 6.13. The van der Waals surface area contributed by atoms with Crippen molar-refractivity contribution in [3.63, 3.8) is 0 Å². The van der Waals surface area contributed by atoms with Crippen LogP contribution in [-0.2, 0) is 16.0 Å². The molecule has 2 rings (SSSR count). The number of nitrogens with zero attached hydrogens (tertiary/aromatic N) is 1. The van der Waals surface area contributed by atoms with E-state index in [1.165, 1.54) is 12.1 Å². The number of amides is 2.